The van der Waals surface area contributed by atoms with Crippen molar-refractivity contribution < 1.29 is 0 Å². The molecule has 4 nitrogen and oxygen atoms in total. The van der Waals surface area contributed by atoms with Crippen molar-refractivity contribution in [2.24, 2.45) is 11.7 Å². The van der Waals surface area contributed by atoms with E-state index in [-0.39, 0.29) is 6.04 Å². The number of hydrogen-bond acceptors (Lipinski definition) is 3. The van der Waals surface area contributed by atoms with E-state index in [1.807, 2.05) is 10.9 Å². The summed E-state index contributed by atoms with van der Waals surface area (Å²) in [6.07, 6.45) is 6.59. The summed E-state index contributed by atoms with van der Waals surface area (Å²) < 4.78 is 2.02. The number of nitrogens with zero attached hydrogens (tertiary/aromatic N) is 3. The van der Waals surface area contributed by atoms with Gasteiger partial charge < -0.3 is 5.73 Å². The van der Waals surface area contributed by atoms with Crippen LogP contribution >= 0.6 is 0 Å². The molecule has 1 aromatic heterocycles. The van der Waals surface area contributed by atoms with Crippen molar-refractivity contribution in [1.29, 1.82) is 0 Å². The highest BCUT2D eigenvalue weighted by Gasteiger charge is 2.21. The summed E-state index contributed by atoms with van der Waals surface area (Å²) >= 11 is 0. The zero-order valence-corrected chi connectivity index (χ0v) is 13.8. The van der Waals surface area contributed by atoms with Gasteiger partial charge in [-0.25, -0.2) is 0 Å². The van der Waals surface area contributed by atoms with E-state index in [0.29, 0.717) is 12.6 Å². The first-order valence-electron chi connectivity index (χ1n) is 8.05. The van der Waals surface area contributed by atoms with Crippen LogP contribution in [0.25, 0.3) is 0 Å². The van der Waals surface area contributed by atoms with Gasteiger partial charge >= 0.3 is 0 Å². The minimum atomic E-state index is 0.285. The van der Waals surface area contributed by atoms with Crippen molar-refractivity contribution in [2.45, 2.75) is 59.5 Å². The predicted molar refractivity (Wildman–Crippen MR) is 85.7 cm³/mol. The Labute approximate surface area is 124 Å². The van der Waals surface area contributed by atoms with E-state index in [0.717, 1.165) is 19.0 Å². The van der Waals surface area contributed by atoms with Crippen LogP contribution in [0.3, 0.4) is 0 Å². The van der Waals surface area contributed by atoms with E-state index in [4.69, 9.17) is 5.73 Å². The van der Waals surface area contributed by atoms with Gasteiger partial charge in [-0.05, 0) is 26.3 Å². The first-order chi connectivity index (χ1) is 9.57. The lowest BCUT2D eigenvalue weighted by Gasteiger charge is -2.32. The second-order valence-corrected chi connectivity index (χ2v) is 5.87. The lowest BCUT2D eigenvalue weighted by atomic mass is 10.0. The Bertz CT molecular complexity index is 368. The normalized spacial score (nSPS) is 13.7. The van der Waals surface area contributed by atoms with Crippen LogP contribution in [0.1, 0.15) is 65.1 Å². The van der Waals surface area contributed by atoms with Crippen molar-refractivity contribution >= 4 is 0 Å². The van der Waals surface area contributed by atoms with Crippen molar-refractivity contribution in [1.82, 2.24) is 14.7 Å². The highest BCUT2D eigenvalue weighted by molar-refractivity contribution is 5.11. The number of likely N-dealkylation sites (N-methyl/N-ethyl adjacent to an activating group) is 1. The molecule has 2 N–H and O–H groups in total. The molecule has 0 aliphatic carbocycles. The maximum atomic E-state index is 6.05. The van der Waals surface area contributed by atoms with Gasteiger partial charge in [0, 0.05) is 30.9 Å². The molecule has 0 fully saturated rings. The molecule has 0 aliphatic heterocycles. The number of rotatable bonds is 9. The Morgan fingerprint density at radius 1 is 1.25 bits per heavy atom. The quantitative estimate of drug-likeness (QED) is 0.755. The smallest absolute Gasteiger partial charge is 0.0538 e. The van der Waals surface area contributed by atoms with E-state index in [9.17, 15) is 0 Å². The van der Waals surface area contributed by atoms with Crippen LogP contribution in [-0.2, 0) is 0 Å². The topological polar surface area (TPSA) is 47.1 Å². The second kappa shape index (κ2) is 8.42. The molecule has 0 aromatic carbocycles. The highest BCUT2D eigenvalue weighted by Crippen LogP contribution is 2.23. The fraction of sp³-hybridized carbons (Fsp3) is 0.812. The molecule has 20 heavy (non-hydrogen) atoms. The summed E-state index contributed by atoms with van der Waals surface area (Å²) in [4.78, 5) is 2.50. The third kappa shape index (κ3) is 4.32. The minimum Gasteiger partial charge on any atom is -0.329 e. The molecular weight excluding hydrogens is 248 g/mol. The zero-order valence-electron chi connectivity index (χ0n) is 13.8. The van der Waals surface area contributed by atoms with Crippen LogP contribution in [0.4, 0.5) is 0 Å². The van der Waals surface area contributed by atoms with E-state index in [1.54, 1.807) is 0 Å². The van der Waals surface area contributed by atoms with Crippen LogP contribution in [0.15, 0.2) is 12.4 Å². The van der Waals surface area contributed by atoms with Crippen LogP contribution in [0, 0.1) is 5.92 Å². The average Bonchev–Trinajstić information content (AvgIpc) is 2.93. The Morgan fingerprint density at radius 3 is 2.30 bits per heavy atom. The molecule has 0 spiro atoms. The molecular formula is C16H32N4. The molecule has 0 radical (unpaired) electrons. The Hall–Kier alpha value is -0.870. The van der Waals surface area contributed by atoms with Crippen molar-refractivity contribution in [3.05, 3.63) is 18.0 Å². The van der Waals surface area contributed by atoms with Crippen LogP contribution < -0.4 is 5.73 Å². The number of hydrogen-bond donors (Lipinski definition) is 1. The maximum absolute atomic E-state index is 6.05. The third-order valence-corrected chi connectivity index (χ3v) is 4.25. The van der Waals surface area contributed by atoms with Gasteiger partial charge in [0.1, 0.15) is 0 Å². The van der Waals surface area contributed by atoms with Gasteiger partial charge in [0.15, 0.2) is 0 Å². The van der Waals surface area contributed by atoms with E-state index < -0.39 is 0 Å². The van der Waals surface area contributed by atoms with E-state index in [1.165, 1.54) is 18.4 Å². The zero-order chi connectivity index (χ0) is 15.1. The fourth-order valence-electron chi connectivity index (χ4n) is 2.66. The molecule has 4 heteroatoms. The van der Waals surface area contributed by atoms with Crippen molar-refractivity contribution in [3.63, 3.8) is 0 Å². The van der Waals surface area contributed by atoms with Gasteiger partial charge in [-0.1, -0.05) is 33.6 Å². The molecule has 0 aliphatic rings. The van der Waals surface area contributed by atoms with Gasteiger partial charge in [0.05, 0.1) is 12.2 Å². The maximum Gasteiger partial charge on any atom is 0.0538 e. The molecule has 0 bridgehead atoms. The molecule has 1 aromatic rings. The first-order valence-corrected chi connectivity index (χ1v) is 8.05. The van der Waals surface area contributed by atoms with Crippen LogP contribution in [0.5, 0.6) is 0 Å². The number of aromatic nitrogens is 2. The van der Waals surface area contributed by atoms with Gasteiger partial charge in [-0.3, -0.25) is 9.58 Å². The lowest BCUT2D eigenvalue weighted by molar-refractivity contribution is 0.174. The summed E-state index contributed by atoms with van der Waals surface area (Å²) in [5, 5.41) is 4.46. The molecule has 1 rings (SSSR count). The van der Waals surface area contributed by atoms with Gasteiger partial charge in [-0.15, -0.1) is 0 Å². The number of nitrogens with two attached hydrogens (primary N) is 1. The molecule has 0 saturated carbocycles. The predicted octanol–water partition coefficient (Wildman–Crippen LogP) is 3.22. The molecule has 0 amide bonds. The van der Waals surface area contributed by atoms with Crippen LogP contribution in [0.2, 0.25) is 0 Å². The molecule has 116 valence electrons. The van der Waals surface area contributed by atoms with Gasteiger partial charge in [0.25, 0.3) is 0 Å². The SMILES string of the molecule is CCC(CC)CN(CC)C(CN)c1cnn(C(C)C)c1. The first kappa shape index (κ1) is 17.2. The monoisotopic (exact) mass is 280 g/mol. The summed E-state index contributed by atoms with van der Waals surface area (Å²) in [6.45, 7) is 13.9. The summed E-state index contributed by atoms with van der Waals surface area (Å²) in [7, 11) is 0. The summed E-state index contributed by atoms with van der Waals surface area (Å²) in [5.74, 6) is 0.754. The lowest BCUT2D eigenvalue weighted by Crippen LogP contribution is -2.37. The van der Waals surface area contributed by atoms with Gasteiger partial charge in [0.2, 0.25) is 0 Å². The molecule has 0 saturated heterocycles. The molecule has 1 atom stereocenters. The summed E-state index contributed by atoms with van der Waals surface area (Å²) in [5.41, 5.74) is 7.29. The minimum absolute atomic E-state index is 0.285. The molecule has 1 unspecified atom stereocenters. The largest absolute Gasteiger partial charge is 0.329 e. The Kier molecular flexibility index (Phi) is 7.24. The van der Waals surface area contributed by atoms with Crippen molar-refractivity contribution in [3.8, 4) is 0 Å². The van der Waals surface area contributed by atoms with Crippen LogP contribution in [-0.4, -0.2) is 34.3 Å². The van der Waals surface area contributed by atoms with E-state index in [2.05, 4.69) is 50.8 Å². The second-order valence-electron chi connectivity index (χ2n) is 5.87. The standard InChI is InChI=1S/C16H32N4/c1-6-14(7-2)11-19(8-3)16(9-17)15-10-18-20(12-15)13(4)5/h10,12-14,16H,6-9,11,17H2,1-5H3. The Balaban J connectivity index is 2.84. The average molecular weight is 280 g/mol. The van der Waals surface area contributed by atoms with Gasteiger partial charge in [-0.2, -0.15) is 5.10 Å². The van der Waals surface area contributed by atoms with E-state index >= 15 is 0 Å². The summed E-state index contributed by atoms with van der Waals surface area (Å²) in [6, 6.07) is 0.685. The van der Waals surface area contributed by atoms with Crippen molar-refractivity contribution in [2.75, 3.05) is 19.6 Å². The highest BCUT2D eigenvalue weighted by atomic mass is 15.3. The fourth-order valence-corrected chi connectivity index (χ4v) is 2.66. The molecule has 1 heterocycles. The Morgan fingerprint density at radius 2 is 1.90 bits per heavy atom. The third-order valence-electron chi connectivity index (χ3n) is 4.25.